The minimum atomic E-state index is 0.109. The van der Waals surface area contributed by atoms with Gasteiger partial charge in [0, 0.05) is 37.9 Å². The summed E-state index contributed by atoms with van der Waals surface area (Å²) in [7, 11) is 0. The molecule has 92 valence electrons. The van der Waals surface area contributed by atoms with Crippen molar-refractivity contribution >= 4 is 21.8 Å². The predicted octanol–water partition coefficient (Wildman–Crippen LogP) is 1.76. The van der Waals surface area contributed by atoms with Gasteiger partial charge in [-0.15, -0.1) is 0 Å². The molecule has 0 atom stereocenters. The normalized spacial score (nSPS) is 25.4. The van der Waals surface area contributed by atoms with Gasteiger partial charge in [0.2, 0.25) is 5.91 Å². The molecule has 1 heterocycles. The number of alkyl halides is 1. The molecule has 1 aliphatic carbocycles. The molecule has 0 aromatic heterocycles. The van der Waals surface area contributed by atoms with Crippen molar-refractivity contribution in [2.45, 2.75) is 38.6 Å². The van der Waals surface area contributed by atoms with Gasteiger partial charge >= 0.3 is 0 Å². The Bertz CT molecular complexity index is 258. The minimum absolute atomic E-state index is 0.109. The van der Waals surface area contributed by atoms with Crippen LogP contribution in [0.4, 0.5) is 0 Å². The second kappa shape index (κ2) is 5.05. The van der Waals surface area contributed by atoms with Gasteiger partial charge in [-0.1, -0.05) is 15.9 Å². The lowest BCUT2D eigenvalue weighted by Gasteiger charge is -2.34. The largest absolute Gasteiger partial charge is 0.354 e. The van der Waals surface area contributed by atoms with E-state index in [1.807, 2.05) is 0 Å². The van der Waals surface area contributed by atoms with Crippen molar-refractivity contribution in [2.24, 2.45) is 5.41 Å². The van der Waals surface area contributed by atoms with Crippen LogP contribution in [-0.4, -0.2) is 41.8 Å². The highest BCUT2D eigenvalue weighted by Crippen LogP contribution is 2.47. The van der Waals surface area contributed by atoms with E-state index in [0.29, 0.717) is 11.5 Å². The Kier molecular flexibility index (Phi) is 3.90. The Morgan fingerprint density at radius 3 is 2.50 bits per heavy atom. The fraction of sp³-hybridized carbons (Fsp3) is 0.917. The summed E-state index contributed by atoms with van der Waals surface area (Å²) < 4.78 is 0. The Morgan fingerprint density at radius 2 is 2.06 bits per heavy atom. The first-order chi connectivity index (χ1) is 7.63. The van der Waals surface area contributed by atoms with Gasteiger partial charge < -0.3 is 10.2 Å². The second-order valence-electron chi connectivity index (χ2n) is 5.38. The van der Waals surface area contributed by atoms with E-state index < -0.39 is 0 Å². The number of rotatable bonds is 4. The summed E-state index contributed by atoms with van der Waals surface area (Å²) in [4.78, 5) is 13.5. The summed E-state index contributed by atoms with van der Waals surface area (Å²) in [6, 6.07) is 0.410. The van der Waals surface area contributed by atoms with Gasteiger partial charge in [0.05, 0.1) is 0 Å². The number of likely N-dealkylation sites (tertiary alicyclic amines) is 1. The van der Waals surface area contributed by atoms with Crippen LogP contribution in [0.1, 0.15) is 32.6 Å². The fourth-order valence-corrected chi connectivity index (χ4v) is 3.25. The Labute approximate surface area is 106 Å². The van der Waals surface area contributed by atoms with E-state index in [9.17, 15) is 4.79 Å². The highest BCUT2D eigenvalue weighted by molar-refractivity contribution is 9.09. The predicted molar refractivity (Wildman–Crippen MR) is 68.7 cm³/mol. The van der Waals surface area contributed by atoms with Gasteiger partial charge in [-0.3, -0.25) is 4.79 Å². The second-order valence-corrected chi connectivity index (χ2v) is 5.95. The van der Waals surface area contributed by atoms with Gasteiger partial charge in [-0.25, -0.2) is 0 Å². The lowest BCUT2D eigenvalue weighted by atomic mass is 10.0. The number of amides is 1. The zero-order valence-corrected chi connectivity index (χ0v) is 11.6. The number of halogens is 1. The average molecular weight is 289 g/mol. The van der Waals surface area contributed by atoms with Crippen LogP contribution in [0, 0.1) is 5.41 Å². The molecular formula is C12H21BrN2O. The molecule has 1 saturated carbocycles. The van der Waals surface area contributed by atoms with Crippen molar-refractivity contribution in [3.63, 3.8) is 0 Å². The molecule has 2 fully saturated rings. The average Bonchev–Trinajstić information content (AvgIpc) is 3.01. The number of carbonyl (C=O) groups excluding carboxylic acids is 1. The van der Waals surface area contributed by atoms with E-state index >= 15 is 0 Å². The van der Waals surface area contributed by atoms with Gasteiger partial charge in [0.1, 0.15) is 0 Å². The molecule has 16 heavy (non-hydrogen) atoms. The molecule has 4 heteroatoms. The molecule has 0 aromatic carbocycles. The number of carbonyl (C=O) groups is 1. The quantitative estimate of drug-likeness (QED) is 0.800. The van der Waals surface area contributed by atoms with Crippen LogP contribution in [-0.2, 0) is 4.79 Å². The van der Waals surface area contributed by atoms with Gasteiger partial charge in [0.15, 0.2) is 0 Å². The molecule has 0 radical (unpaired) electrons. The van der Waals surface area contributed by atoms with E-state index in [4.69, 9.17) is 0 Å². The Balaban J connectivity index is 1.71. The van der Waals surface area contributed by atoms with E-state index in [0.717, 1.165) is 31.3 Å². The molecule has 0 bridgehead atoms. The first kappa shape index (κ1) is 12.4. The van der Waals surface area contributed by atoms with Crippen molar-refractivity contribution in [3.05, 3.63) is 0 Å². The zero-order valence-electron chi connectivity index (χ0n) is 9.97. The lowest BCUT2D eigenvalue weighted by Crippen LogP contribution is -2.45. The first-order valence-corrected chi connectivity index (χ1v) is 7.31. The number of nitrogens with one attached hydrogen (secondary N) is 1. The third-order valence-electron chi connectivity index (χ3n) is 3.79. The van der Waals surface area contributed by atoms with E-state index in [-0.39, 0.29) is 5.91 Å². The standard InChI is InChI=1S/C12H21BrN2O/c1-10(16)14-11-2-6-15(7-3-11)9-12(8-13)4-5-12/h11H,2-9H2,1H3,(H,14,16). The molecule has 0 spiro atoms. The number of hydrogen-bond donors (Lipinski definition) is 1. The smallest absolute Gasteiger partial charge is 0.217 e. The summed E-state index contributed by atoms with van der Waals surface area (Å²) in [6.07, 6.45) is 4.98. The zero-order chi connectivity index (χ0) is 11.6. The van der Waals surface area contributed by atoms with Crippen LogP contribution >= 0.6 is 15.9 Å². The Hall–Kier alpha value is -0.0900. The van der Waals surface area contributed by atoms with Crippen molar-refractivity contribution in [3.8, 4) is 0 Å². The maximum absolute atomic E-state index is 10.9. The lowest BCUT2D eigenvalue weighted by molar-refractivity contribution is -0.119. The monoisotopic (exact) mass is 288 g/mol. The summed E-state index contributed by atoms with van der Waals surface area (Å²) in [5, 5.41) is 4.16. The fourth-order valence-electron chi connectivity index (χ4n) is 2.51. The maximum atomic E-state index is 10.9. The minimum Gasteiger partial charge on any atom is -0.354 e. The molecule has 1 saturated heterocycles. The third kappa shape index (κ3) is 3.20. The van der Waals surface area contributed by atoms with Crippen LogP contribution in [0.15, 0.2) is 0 Å². The molecule has 0 aromatic rings. The van der Waals surface area contributed by atoms with Crippen molar-refractivity contribution in [2.75, 3.05) is 25.0 Å². The van der Waals surface area contributed by atoms with Crippen molar-refractivity contribution in [1.29, 1.82) is 0 Å². The van der Waals surface area contributed by atoms with Crippen LogP contribution in [0.25, 0.3) is 0 Å². The number of nitrogens with zero attached hydrogens (tertiary/aromatic N) is 1. The molecule has 2 aliphatic rings. The number of piperidine rings is 1. The van der Waals surface area contributed by atoms with Crippen LogP contribution in [0.5, 0.6) is 0 Å². The van der Waals surface area contributed by atoms with E-state index in [1.54, 1.807) is 6.92 Å². The first-order valence-electron chi connectivity index (χ1n) is 6.19. The summed E-state index contributed by atoms with van der Waals surface area (Å²) in [5.41, 5.74) is 0.584. The molecule has 0 unspecified atom stereocenters. The van der Waals surface area contributed by atoms with Gasteiger partial charge in [-0.05, 0) is 31.1 Å². The van der Waals surface area contributed by atoms with E-state index in [2.05, 4.69) is 26.1 Å². The maximum Gasteiger partial charge on any atom is 0.217 e. The Morgan fingerprint density at radius 1 is 1.44 bits per heavy atom. The molecule has 1 N–H and O–H groups in total. The number of hydrogen-bond acceptors (Lipinski definition) is 2. The highest BCUT2D eigenvalue weighted by Gasteiger charge is 2.43. The van der Waals surface area contributed by atoms with Crippen LogP contribution in [0.2, 0.25) is 0 Å². The van der Waals surface area contributed by atoms with Crippen LogP contribution in [0.3, 0.4) is 0 Å². The topological polar surface area (TPSA) is 32.3 Å². The van der Waals surface area contributed by atoms with Crippen LogP contribution < -0.4 is 5.32 Å². The SMILES string of the molecule is CC(=O)NC1CCN(CC2(CBr)CC2)CC1. The van der Waals surface area contributed by atoms with Crippen molar-refractivity contribution < 1.29 is 4.79 Å². The summed E-state index contributed by atoms with van der Waals surface area (Å²) in [6.45, 7) is 5.13. The third-order valence-corrected chi connectivity index (χ3v) is 4.98. The van der Waals surface area contributed by atoms with Crippen molar-refractivity contribution in [1.82, 2.24) is 10.2 Å². The van der Waals surface area contributed by atoms with Gasteiger partial charge in [-0.2, -0.15) is 0 Å². The van der Waals surface area contributed by atoms with Gasteiger partial charge in [0.25, 0.3) is 0 Å². The molecular weight excluding hydrogens is 268 g/mol. The highest BCUT2D eigenvalue weighted by atomic mass is 79.9. The molecule has 3 nitrogen and oxygen atoms in total. The summed E-state index contributed by atoms with van der Waals surface area (Å²) in [5.74, 6) is 0.109. The van der Waals surface area contributed by atoms with E-state index in [1.165, 1.54) is 19.4 Å². The molecule has 1 amide bonds. The molecule has 1 aliphatic heterocycles. The molecule has 2 rings (SSSR count). The summed E-state index contributed by atoms with van der Waals surface area (Å²) >= 11 is 3.62.